The fourth-order valence-electron chi connectivity index (χ4n) is 1.74. The predicted octanol–water partition coefficient (Wildman–Crippen LogP) is 5.16. The van der Waals surface area contributed by atoms with Gasteiger partial charge in [-0.1, -0.05) is 27.5 Å². The normalized spacial score (nSPS) is 11.7. The molecule has 2 rings (SSSR count). The Hall–Kier alpha value is -0.970. The van der Waals surface area contributed by atoms with Crippen LogP contribution in [-0.2, 0) is 13.2 Å². The van der Waals surface area contributed by atoms with Gasteiger partial charge in [0.25, 0.3) is 0 Å². The molecule has 2 aromatic rings. The van der Waals surface area contributed by atoms with Gasteiger partial charge in [0, 0.05) is 15.6 Å². The molecule has 0 bridgehead atoms. The maximum Gasteiger partial charge on any atom is 0.139 e. The van der Waals surface area contributed by atoms with Gasteiger partial charge in [0.2, 0.25) is 0 Å². The van der Waals surface area contributed by atoms with E-state index in [0.717, 1.165) is 15.8 Å². The molecule has 0 aliphatic heterocycles. The molecule has 0 unspecified atom stereocenters. The fourth-order valence-corrected chi connectivity index (χ4v) is 2.25. The minimum absolute atomic E-state index is 0.0402. The van der Waals surface area contributed by atoms with Crippen molar-refractivity contribution in [2.75, 3.05) is 0 Å². The van der Waals surface area contributed by atoms with E-state index in [4.69, 9.17) is 20.8 Å². The molecule has 0 aliphatic carbocycles. The summed E-state index contributed by atoms with van der Waals surface area (Å²) in [5.74, 6) is 1.54. The molecule has 1 aromatic heterocycles. The zero-order chi connectivity index (χ0) is 15.5. The predicted molar refractivity (Wildman–Crippen MR) is 88.8 cm³/mol. The molecule has 0 spiro atoms. The van der Waals surface area contributed by atoms with Crippen molar-refractivity contribution in [2.24, 2.45) is 0 Å². The Morgan fingerprint density at radius 3 is 2.76 bits per heavy atom. The largest absolute Gasteiger partial charge is 0.487 e. The number of furan rings is 1. The van der Waals surface area contributed by atoms with E-state index in [2.05, 4.69) is 42.0 Å². The minimum Gasteiger partial charge on any atom is -0.487 e. The monoisotopic (exact) mass is 371 g/mol. The van der Waals surface area contributed by atoms with E-state index in [1.54, 1.807) is 12.3 Å². The Labute approximate surface area is 138 Å². The van der Waals surface area contributed by atoms with Crippen LogP contribution in [0, 0.1) is 0 Å². The van der Waals surface area contributed by atoms with Gasteiger partial charge in [-0.05, 0) is 45.0 Å². The highest BCUT2D eigenvalue weighted by Crippen LogP contribution is 2.29. The van der Waals surface area contributed by atoms with Crippen LogP contribution in [0.1, 0.15) is 32.1 Å². The van der Waals surface area contributed by atoms with Gasteiger partial charge in [0.15, 0.2) is 0 Å². The molecule has 0 fully saturated rings. The Kier molecular flexibility index (Phi) is 5.36. The first-order valence-corrected chi connectivity index (χ1v) is 7.90. The highest BCUT2D eigenvalue weighted by Gasteiger charge is 2.13. The first-order valence-electron chi connectivity index (χ1n) is 6.73. The van der Waals surface area contributed by atoms with E-state index in [1.807, 2.05) is 18.2 Å². The van der Waals surface area contributed by atoms with Crippen molar-refractivity contribution in [2.45, 2.75) is 39.5 Å². The van der Waals surface area contributed by atoms with E-state index in [-0.39, 0.29) is 5.54 Å². The lowest BCUT2D eigenvalue weighted by Gasteiger charge is -2.20. The first kappa shape index (κ1) is 16.4. The van der Waals surface area contributed by atoms with Gasteiger partial charge in [-0.3, -0.25) is 0 Å². The summed E-state index contributed by atoms with van der Waals surface area (Å²) in [5.41, 5.74) is 1.06. The lowest BCUT2D eigenvalue weighted by molar-refractivity contribution is 0.299. The van der Waals surface area contributed by atoms with Crippen LogP contribution in [0.3, 0.4) is 0 Å². The van der Waals surface area contributed by atoms with Crippen LogP contribution in [0.2, 0.25) is 5.02 Å². The van der Waals surface area contributed by atoms with Crippen molar-refractivity contribution in [3.8, 4) is 5.75 Å². The number of halogens is 2. The third-order valence-corrected chi connectivity index (χ3v) is 3.70. The van der Waals surface area contributed by atoms with Gasteiger partial charge in [-0.15, -0.1) is 0 Å². The summed E-state index contributed by atoms with van der Waals surface area (Å²) >= 11 is 9.52. The van der Waals surface area contributed by atoms with Crippen LogP contribution in [-0.4, -0.2) is 5.54 Å². The smallest absolute Gasteiger partial charge is 0.139 e. The molecule has 3 nitrogen and oxygen atoms in total. The minimum atomic E-state index is 0.0402. The van der Waals surface area contributed by atoms with Crippen LogP contribution >= 0.6 is 27.5 Å². The van der Waals surface area contributed by atoms with E-state index < -0.39 is 0 Å². The number of benzene rings is 1. The van der Waals surface area contributed by atoms with Gasteiger partial charge < -0.3 is 14.5 Å². The molecular formula is C16H19BrClNO2. The Morgan fingerprint density at radius 1 is 1.29 bits per heavy atom. The first-order chi connectivity index (χ1) is 9.85. The Bertz CT molecular complexity index is 605. The van der Waals surface area contributed by atoms with E-state index in [0.29, 0.717) is 23.9 Å². The molecular weight excluding hydrogens is 354 g/mol. The average molecular weight is 373 g/mol. The second-order valence-corrected chi connectivity index (χ2v) is 7.16. The topological polar surface area (TPSA) is 34.4 Å². The summed E-state index contributed by atoms with van der Waals surface area (Å²) in [6.45, 7) is 7.45. The standard InChI is InChI=1S/C16H19BrClNO2/c1-16(2,3)19-9-15-11(6-7-20-15)10-21-14-8-12(17)4-5-13(14)18/h4-8,19H,9-10H2,1-3H3. The Balaban J connectivity index is 2.01. The molecule has 5 heteroatoms. The average Bonchev–Trinajstić information content (AvgIpc) is 2.84. The second kappa shape index (κ2) is 6.86. The zero-order valence-electron chi connectivity index (χ0n) is 12.4. The second-order valence-electron chi connectivity index (χ2n) is 5.84. The summed E-state index contributed by atoms with van der Waals surface area (Å²) in [5, 5.41) is 3.99. The summed E-state index contributed by atoms with van der Waals surface area (Å²) < 4.78 is 12.2. The van der Waals surface area contributed by atoms with E-state index in [1.165, 1.54) is 0 Å². The molecule has 0 saturated heterocycles. The number of rotatable bonds is 5. The molecule has 114 valence electrons. The van der Waals surface area contributed by atoms with Crippen LogP contribution in [0.5, 0.6) is 5.75 Å². The maximum atomic E-state index is 6.12. The molecule has 21 heavy (non-hydrogen) atoms. The fraction of sp³-hybridized carbons (Fsp3) is 0.375. The van der Waals surface area contributed by atoms with Crippen molar-refractivity contribution >= 4 is 27.5 Å². The van der Waals surface area contributed by atoms with Gasteiger partial charge >= 0.3 is 0 Å². The lowest BCUT2D eigenvalue weighted by atomic mass is 10.1. The molecule has 1 aromatic carbocycles. The lowest BCUT2D eigenvalue weighted by Crippen LogP contribution is -2.35. The highest BCUT2D eigenvalue weighted by molar-refractivity contribution is 9.10. The Morgan fingerprint density at radius 2 is 2.05 bits per heavy atom. The third kappa shape index (κ3) is 5.06. The third-order valence-electron chi connectivity index (χ3n) is 2.89. The summed E-state index contributed by atoms with van der Waals surface area (Å²) in [7, 11) is 0. The maximum absolute atomic E-state index is 6.12. The molecule has 0 atom stereocenters. The quantitative estimate of drug-likeness (QED) is 0.787. The van der Waals surface area contributed by atoms with E-state index in [9.17, 15) is 0 Å². The molecule has 0 aliphatic rings. The zero-order valence-corrected chi connectivity index (χ0v) is 14.7. The van der Waals surface area contributed by atoms with Gasteiger partial charge in [-0.25, -0.2) is 0 Å². The number of ether oxygens (including phenoxy) is 1. The van der Waals surface area contributed by atoms with Crippen LogP contribution in [0.4, 0.5) is 0 Å². The van der Waals surface area contributed by atoms with Gasteiger partial charge in [-0.2, -0.15) is 0 Å². The number of hydrogen-bond acceptors (Lipinski definition) is 3. The molecule has 1 heterocycles. The van der Waals surface area contributed by atoms with Crippen molar-refractivity contribution in [1.29, 1.82) is 0 Å². The van der Waals surface area contributed by atoms with Crippen molar-refractivity contribution in [3.63, 3.8) is 0 Å². The highest BCUT2D eigenvalue weighted by atomic mass is 79.9. The number of nitrogens with one attached hydrogen (secondary N) is 1. The van der Waals surface area contributed by atoms with Gasteiger partial charge in [0.05, 0.1) is 17.8 Å². The number of hydrogen-bond donors (Lipinski definition) is 1. The van der Waals surface area contributed by atoms with Crippen molar-refractivity contribution in [3.05, 3.63) is 51.3 Å². The molecule has 0 radical (unpaired) electrons. The molecule has 0 saturated carbocycles. The van der Waals surface area contributed by atoms with Crippen LogP contribution < -0.4 is 10.1 Å². The van der Waals surface area contributed by atoms with Crippen molar-refractivity contribution in [1.82, 2.24) is 5.32 Å². The van der Waals surface area contributed by atoms with Crippen molar-refractivity contribution < 1.29 is 9.15 Å². The van der Waals surface area contributed by atoms with Crippen LogP contribution in [0.25, 0.3) is 0 Å². The summed E-state index contributed by atoms with van der Waals surface area (Å²) in [4.78, 5) is 0. The summed E-state index contributed by atoms with van der Waals surface area (Å²) in [6.07, 6.45) is 1.68. The van der Waals surface area contributed by atoms with E-state index >= 15 is 0 Å². The summed E-state index contributed by atoms with van der Waals surface area (Å²) in [6, 6.07) is 7.46. The van der Waals surface area contributed by atoms with Crippen LogP contribution in [0.15, 0.2) is 39.4 Å². The van der Waals surface area contributed by atoms with Gasteiger partial charge in [0.1, 0.15) is 18.1 Å². The molecule has 0 amide bonds. The molecule has 1 N–H and O–H groups in total. The SMILES string of the molecule is CC(C)(C)NCc1occc1COc1cc(Br)ccc1Cl.